The predicted molar refractivity (Wildman–Crippen MR) is 80.9 cm³/mol. The van der Waals surface area contributed by atoms with Gasteiger partial charge in [0.2, 0.25) is 0 Å². The number of nitrogens with one attached hydrogen (secondary N) is 1. The van der Waals surface area contributed by atoms with Crippen molar-refractivity contribution < 1.29 is 9.47 Å². The van der Waals surface area contributed by atoms with Crippen LogP contribution in [0.3, 0.4) is 0 Å². The summed E-state index contributed by atoms with van der Waals surface area (Å²) in [5.41, 5.74) is 3.63. The van der Waals surface area contributed by atoms with Crippen LogP contribution >= 0.6 is 0 Å². The summed E-state index contributed by atoms with van der Waals surface area (Å²) >= 11 is 0. The van der Waals surface area contributed by atoms with E-state index < -0.39 is 0 Å². The standard InChI is InChI=1S/C17H19NO2/c1-19-15-8-9-16(20-2)17-14(15)10-13(11-18-17)12-6-4-3-5-7-12/h3-9,13,18H,10-11H2,1-2H3. The van der Waals surface area contributed by atoms with Gasteiger partial charge in [-0.25, -0.2) is 0 Å². The van der Waals surface area contributed by atoms with Gasteiger partial charge in [0, 0.05) is 18.0 Å². The van der Waals surface area contributed by atoms with Crippen molar-refractivity contribution in [3.05, 3.63) is 53.6 Å². The molecule has 1 N–H and O–H groups in total. The van der Waals surface area contributed by atoms with Crippen molar-refractivity contribution in [2.75, 3.05) is 26.1 Å². The lowest BCUT2D eigenvalue weighted by atomic mass is 9.87. The van der Waals surface area contributed by atoms with E-state index in [-0.39, 0.29) is 0 Å². The SMILES string of the molecule is COc1ccc(OC)c2c1CC(c1ccccc1)CN2. The Kier molecular flexibility index (Phi) is 3.50. The van der Waals surface area contributed by atoms with E-state index >= 15 is 0 Å². The minimum absolute atomic E-state index is 0.463. The van der Waals surface area contributed by atoms with E-state index in [9.17, 15) is 0 Å². The highest BCUT2D eigenvalue weighted by atomic mass is 16.5. The number of benzene rings is 2. The number of fused-ring (bicyclic) bond motifs is 1. The average Bonchev–Trinajstić information content (AvgIpc) is 2.54. The average molecular weight is 269 g/mol. The van der Waals surface area contributed by atoms with Crippen LogP contribution < -0.4 is 14.8 Å². The summed E-state index contributed by atoms with van der Waals surface area (Å²) in [6.07, 6.45) is 0.965. The normalized spacial score (nSPS) is 17.0. The summed E-state index contributed by atoms with van der Waals surface area (Å²) in [5, 5.41) is 3.50. The van der Waals surface area contributed by atoms with E-state index in [2.05, 4.69) is 35.6 Å². The lowest BCUT2D eigenvalue weighted by Crippen LogP contribution is -2.22. The van der Waals surface area contributed by atoms with E-state index in [1.807, 2.05) is 12.1 Å². The van der Waals surface area contributed by atoms with E-state index in [4.69, 9.17) is 9.47 Å². The Hall–Kier alpha value is -2.16. The summed E-state index contributed by atoms with van der Waals surface area (Å²) in [4.78, 5) is 0. The molecule has 104 valence electrons. The van der Waals surface area contributed by atoms with Crippen LogP contribution in [0.2, 0.25) is 0 Å². The quantitative estimate of drug-likeness (QED) is 0.925. The van der Waals surface area contributed by atoms with Crippen molar-refractivity contribution in [3.63, 3.8) is 0 Å². The van der Waals surface area contributed by atoms with Crippen LogP contribution in [0.4, 0.5) is 5.69 Å². The van der Waals surface area contributed by atoms with Gasteiger partial charge in [-0.2, -0.15) is 0 Å². The van der Waals surface area contributed by atoms with Gasteiger partial charge in [-0.05, 0) is 24.1 Å². The predicted octanol–water partition coefficient (Wildman–Crippen LogP) is 3.46. The number of hydrogen-bond donors (Lipinski definition) is 1. The molecule has 1 aliphatic rings. The van der Waals surface area contributed by atoms with Gasteiger partial charge < -0.3 is 14.8 Å². The topological polar surface area (TPSA) is 30.5 Å². The van der Waals surface area contributed by atoms with Gasteiger partial charge in [-0.15, -0.1) is 0 Å². The highest BCUT2D eigenvalue weighted by Gasteiger charge is 2.25. The van der Waals surface area contributed by atoms with Crippen molar-refractivity contribution in [2.24, 2.45) is 0 Å². The summed E-state index contributed by atoms with van der Waals surface area (Å²) in [7, 11) is 3.42. The maximum Gasteiger partial charge on any atom is 0.142 e. The second-order valence-electron chi connectivity index (χ2n) is 5.02. The number of methoxy groups -OCH3 is 2. The molecule has 2 aromatic rings. The molecule has 0 bridgehead atoms. The fourth-order valence-corrected chi connectivity index (χ4v) is 2.87. The van der Waals surface area contributed by atoms with Crippen LogP contribution in [-0.4, -0.2) is 20.8 Å². The number of anilines is 1. The Morgan fingerprint density at radius 3 is 2.35 bits per heavy atom. The molecule has 1 aliphatic heterocycles. The summed E-state index contributed by atoms with van der Waals surface area (Å²) in [5.74, 6) is 2.27. The molecule has 1 unspecified atom stereocenters. The van der Waals surface area contributed by atoms with Gasteiger partial charge in [0.15, 0.2) is 0 Å². The zero-order valence-electron chi connectivity index (χ0n) is 11.8. The van der Waals surface area contributed by atoms with E-state index in [1.165, 1.54) is 11.1 Å². The van der Waals surface area contributed by atoms with Crippen LogP contribution in [0.5, 0.6) is 11.5 Å². The molecule has 0 saturated heterocycles. The molecule has 0 amide bonds. The molecule has 3 heteroatoms. The van der Waals surface area contributed by atoms with E-state index in [1.54, 1.807) is 14.2 Å². The highest BCUT2D eigenvalue weighted by Crippen LogP contribution is 2.41. The Morgan fingerprint density at radius 1 is 0.950 bits per heavy atom. The Labute approximate surface area is 119 Å². The minimum Gasteiger partial charge on any atom is -0.496 e. The number of rotatable bonds is 3. The van der Waals surface area contributed by atoms with E-state index in [0.29, 0.717) is 5.92 Å². The Balaban J connectivity index is 1.98. The van der Waals surface area contributed by atoms with Crippen LogP contribution in [0, 0.1) is 0 Å². The van der Waals surface area contributed by atoms with Gasteiger partial charge in [0.25, 0.3) is 0 Å². The lowest BCUT2D eigenvalue weighted by Gasteiger charge is -2.29. The summed E-state index contributed by atoms with van der Waals surface area (Å²) in [6, 6.07) is 14.5. The molecule has 3 rings (SSSR count). The molecule has 0 aromatic heterocycles. The molecule has 2 aromatic carbocycles. The van der Waals surface area contributed by atoms with Crippen LogP contribution in [-0.2, 0) is 6.42 Å². The van der Waals surface area contributed by atoms with Crippen LogP contribution in [0.15, 0.2) is 42.5 Å². The van der Waals surface area contributed by atoms with Gasteiger partial charge in [-0.3, -0.25) is 0 Å². The first kappa shape index (κ1) is 12.9. The van der Waals surface area contributed by atoms with Crippen molar-refractivity contribution >= 4 is 5.69 Å². The van der Waals surface area contributed by atoms with Gasteiger partial charge in [0.1, 0.15) is 11.5 Å². The van der Waals surface area contributed by atoms with Crippen molar-refractivity contribution in [1.29, 1.82) is 0 Å². The molecule has 3 nitrogen and oxygen atoms in total. The second-order valence-corrected chi connectivity index (χ2v) is 5.02. The fourth-order valence-electron chi connectivity index (χ4n) is 2.87. The largest absolute Gasteiger partial charge is 0.496 e. The first-order valence-corrected chi connectivity index (χ1v) is 6.86. The minimum atomic E-state index is 0.463. The number of hydrogen-bond acceptors (Lipinski definition) is 3. The zero-order valence-corrected chi connectivity index (χ0v) is 11.8. The smallest absolute Gasteiger partial charge is 0.142 e. The first-order chi connectivity index (χ1) is 9.83. The van der Waals surface area contributed by atoms with Crippen molar-refractivity contribution in [2.45, 2.75) is 12.3 Å². The van der Waals surface area contributed by atoms with Crippen LogP contribution in [0.25, 0.3) is 0 Å². The Bertz CT molecular complexity index is 595. The molecular formula is C17H19NO2. The highest BCUT2D eigenvalue weighted by molar-refractivity contribution is 5.68. The number of ether oxygens (including phenoxy) is 2. The third-order valence-corrected chi connectivity index (χ3v) is 3.92. The monoisotopic (exact) mass is 269 g/mol. The van der Waals surface area contributed by atoms with Gasteiger partial charge >= 0.3 is 0 Å². The lowest BCUT2D eigenvalue weighted by molar-refractivity contribution is 0.397. The molecular weight excluding hydrogens is 250 g/mol. The van der Waals surface area contributed by atoms with Crippen molar-refractivity contribution in [1.82, 2.24) is 0 Å². The first-order valence-electron chi connectivity index (χ1n) is 6.86. The third-order valence-electron chi connectivity index (χ3n) is 3.92. The molecule has 1 atom stereocenters. The molecule has 0 fully saturated rings. The fraction of sp³-hybridized carbons (Fsp3) is 0.294. The molecule has 20 heavy (non-hydrogen) atoms. The molecule has 0 radical (unpaired) electrons. The summed E-state index contributed by atoms with van der Waals surface area (Å²) in [6.45, 7) is 0.917. The second kappa shape index (κ2) is 5.45. The van der Waals surface area contributed by atoms with Gasteiger partial charge in [-0.1, -0.05) is 30.3 Å². The molecule has 0 saturated carbocycles. The van der Waals surface area contributed by atoms with E-state index in [0.717, 1.165) is 30.2 Å². The Morgan fingerprint density at radius 2 is 1.65 bits per heavy atom. The third kappa shape index (κ3) is 2.20. The molecule has 0 spiro atoms. The maximum atomic E-state index is 5.50. The molecule has 1 heterocycles. The van der Waals surface area contributed by atoms with Gasteiger partial charge in [0.05, 0.1) is 19.9 Å². The maximum absolute atomic E-state index is 5.50. The summed E-state index contributed by atoms with van der Waals surface area (Å²) < 4.78 is 10.9. The zero-order chi connectivity index (χ0) is 13.9. The van der Waals surface area contributed by atoms with Crippen molar-refractivity contribution in [3.8, 4) is 11.5 Å². The van der Waals surface area contributed by atoms with Crippen LogP contribution in [0.1, 0.15) is 17.0 Å². The molecule has 0 aliphatic carbocycles.